The van der Waals surface area contributed by atoms with Crippen LogP contribution in [0.3, 0.4) is 0 Å². The highest BCUT2D eigenvalue weighted by Gasteiger charge is 2.32. The highest BCUT2D eigenvalue weighted by atomic mass is 19.1. The predicted molar refractivity (Wildman–Crippen MR) is 127 cm³/mol. The van der Waals surface area contributed by atoms with Crippen molar-refractivity contribution in [3.8, 4) is 17.3 Å². The minimum atomic E-state index is -0.663. The molecule has 4 rings (SSSR count). The number of nitrogens with one attached hydrogen (secondary N) is 2. The molecular formula is C25H25FN6O2. The fourth-order valence-electron chi connectivity index (χ4n) is 3.74. The van der Waals surface area contributed by atoms with Gasteiger partial charge >= 0.3 is 0 Å². The second-order valence-corrected chi connectivity index (χ2v) is 8.02. The molecule has 1 aliphatic rings. The molecule has 1 aromatic heterocycles. The van der Waals surface area contributed by atoms with Gasteiger partial charge in [0, 0.05) is 25.2 Å². The van der Waals surface area contributed by atoms with Crippen molar-refractivity contribution in [3.05, 3.63) is 71.5 Å². The van der Waals surface area contributed by atoms with Gasteiger partial charge in [-0.3, -0.25) is 4.79 Å². The molecule has 0 spiro atoms. The van der Waals surface area contributed by atoms with E-state index in [1.54, 1.807) is 19.2 Å². The predicted octanol–water partition coefficient (Wildman–Crippen LogP) is 3.11. The number of amides is 1. The summed E-state index contributed by atoms with van der Waals surface area (Å²) in [5.41, 5.74) is 2.00. The number of hydrogen-bond donors (Lipinski definition) is 2. The molecule has 0 saturated carbocycles. The monoisotopic (exact) mass is 460 g/mol. The van der Waals surface area contributed by atoms with Crippen molar-refractivity contribution in [3.63, 3.8) is 0 Å². The molecule has 1 amide bonds. The van der Waals surface area contributed by atoms with E-state index in [1.165, 1.54) is 12.1 Å². The number of ether oxygens (including phenoxy) is 1. The summed E-state index contributed by atoms with van der Waals surface area (Å²) in [6.07, 6.45) is -0.663. The largest absolute Gasteiger partial charge is 0.364 e. The molecule has 0 aliphatic carbocycles. The number of halogens is 1. The van der Waals surface area contributed by atoms with Gasteiger partial charge < -0.3 is 20.3 Å². The number of anilines is 2. The topological polar surface area (TPSA) is 103 Å². The van der Waals surface area contributed by atoms with Crippen molar-refractivity contribution >= 4 is 17.7 Å². The standard InChI is InChI=1S/C25H25FN6O2/c1-16-15-34-22(24(33)29-13-17-6-4-3-5-7-17)14-32(16)23-11-21(30-25(28-2)31-23)18-8-9-19(12-27)20(26)10-18/h3-11,16,22H,13-15H2,1-2H3,(H,29,33)(H,28,30,31). The van der Waals surface area contributed by atoms with Crippen LogP contribution in [-0.2, 0) is 16.1 Å². The second kappa shape index (κ2) is 10.3. The molecule has 1 aliphatic heterocycles. The number of hydrogen-bond acceptors (Lipinski definition) is 7. The van der Waals surface area contributed by atoms with E-state index in [-0.39, 0.29) is 17.5 Å². The smallest absolute Gasteiger partial charge is 0.251 e. The molecule has 9 heteroatoms. The number of benzene rings is 2. The zero-order chi connectivity index (χ0) is 24.1. The van der Waals surface area contributed by atoms with Crippen LogP contribution in [0.2, 0.25) is 0 Å². The summed E-state index contributed by atoms with van der Waals surface area (Å²) in [7, 11) is 1.70. The van der Waals surface area contributed by atoms with E-state index >= 15 is 0 Å². The van der Waals surface area contributed by atoms with Crippen molar-refractivity contribution in [1.29, 1.82) is 5.26 Å². The molecule has 0 radical (unpaired) electrons. The van der Waals surface area contributed by atoms with Gasteiger partial charge in [-0.1, -0.05) is 36.4 Å². The Morgan fingerprint density at radius 2 is 2.03 bits per heavy atom. The lowest BCUT2D eigenvalue weighted by Crippen LogP contribution is -2.54. The summed E-state index contributed by atoms with van der Waals surface area (Å²) < 4.78 is 20.0. The average Bonchev–Trinajstić information content (AvgIpc) is 2.87. The molecule has 34 heavy (non-hydrogen) atoms. The van der Waals surface area contributed by atoms with Crippen LogP contribution in [0.5, 0.6) is 0 Å². The minimum absolute atomic E-state index is 0.0296. The maximum absolute atomic E-state index is 14.2. The van der Waals surface area contributed by atoms with Gasteiger partial charge in [-0.05, 0) is 24.6 Å². The Morgan fingerprint density at radius 3 is 2.74 bits per heavy atom. The van der Waals surface area contributed by atoms with Crippen molar-refractivity contribution in [2.24, 2.45) is 0 Å². The molecule has 1 saturated heterocycles. The third-order valence-electron chi connectivity index (χ3n) is 5.65. The first-order valence-corrected chi connectivity index (χ1v) is 10.9. The zero-order valence-electron chi connectivity index (χ0n) is 19.0. The normalized spacial score (nSPS) is 17.6. The van der Waals surface area contributed by atoms with Gasteiger partial charge in [-0.25, -0.2) is 9.37 Å². The van der Waals surface area contributed by atoms with E-state index in [9.17, 15) is 9.18 Å². The van der Waals surface area contributed by atoms with Crippen molar-refractivity contribution in [2.45, 2.75) is 25.6 Å². The fourth-order valence-corrected chi connectivity index (χ4v) is 3.74. The molecular weight excluding hydrogens is 435 g/mol. The SMILES string of the molecule is CNc1nc(-c2ccc(C#N)c(F)c2)cc(N2CC(C(=O)NCc3ccccc3)OCC2C)n1. The highest BCUT2D eigenvalue weighted by Crippen LogP contribution is 2.27. The molecule has 0 bridgehead atoms. The van der Waals surface area contributed by atoms with Gasteiger partial charge in [-0.15, -0.1) is 0 Å². The van der Waals surface area contributed by atoms with Crippen LogP contribution < -0.4 is 15.5 Å². The maximum Gasteiger partial charge on any atom is 0.251 e. The van der Waals surface area contributed by atoms with Crippen LogP contribution >= 0.6 is 0 Å². The molecule has 2 atom stereocenters. The number of carbonyl (C=O) groups is 1. The number of nitrogens with zero attached hydrogens (tertiary/aromatic N) is 4. The highest BCUT2D eigenvalue weighted by molar-refractivity contribution is 5.82. The molecule has 2 heterocycles. The summed E-state index contributed by atoms with van der Waals surface area (Å²) in [5, 5.41) is 14.9. The summed E-state index contributed by atoms with van der Waals surface area (Å²) in [5.74, 6) is 0.149. The third-order valence-corrected chi connectivity index (χ3v) is 5.65. The molecule has 2 N–H and O–H groups in total. The minimum Gasteiger partial charge on any atom is -0.364 e. The molecule has 2 unspecified atom stereocenters. The molecule has 8 nitrogen and oxygen atoms in total. The van der Waals surface area contributed by atoms with Crippen molar-refractivity contribution in [2.75, 3.05) is 30.4 Å². The van der Waals surface area contributed by atoms with E-state index in [0.29, 0.717) is 42.7 Å². The van der Waals surface area contributed by atoms with Gasteiger partial charge in [0.25, 0.3) is 5.91 Å². The number of rotatable bonds is 6. The molecule has 174 valence electrons. The maximum atomic E-state index is 14.2. The fraction of sp³-hybridized carbons (Fsp3) is 0.280. The van der Waals surface area contributed by atoms with Gasteiger partial charge in [0.15, 0.2) is 6.10 Å². The number of carbonyl (C=O) groups excluding carboxylic acids is 1. The Kier molecular flexibility index (Phi) is 6.99. The first kappa shape index (κ1) is 23.1. The zero-order valence-corrected chi connectivity index (χ0v) is 19.0. The Hall–Kier alpha value is -4.03. The third kappa shape index (κ3) is 5.13. The van der Waals surface area contributed by atoms with E-state index < -0.39 is 11.9 Å². The quantitative estimate of drug-likeness (QED) is 0.583. The lowest BCUT2D eigenvalue weighted by Gasteiger charge is -2.38. The van der Waals surface area contributed by atoms with Gasteiger partial charge in [0.1, 0.15) is 17.7 Å². The summed E-state index contributed by atoms with van der Waals surface area (Å²) >= 11 is 0. The first-order valence-electron chi connectivity index (χ1n) is 10.9. The van der Waals surface area contributed by atoms with Crippen molar-refractivity contribution < 1.29 is 13.9 Å². The second-order valence-electron chi connectivity index (χ2n) is 8.02. The van der Waals surface area contributed by atoms with Crippen LogP contribution in [0.25, 0.3) is 11.3 Å². The van der Waals surface area contributed by atoms with Crippen LogP contribution in [0, 0.1) is 17.1 Å². The van der Waals surface area contributed by atoms with Gasteiger partial charge in [0.05, 0.1) is 30.5 Å². The summed E-state index contributed by atoms with van der Waals surface area (Å²) in [4.78, 5) is 23.8. The van der Waals surface area contributed by atoms with Gasteiger partial charge in [0.2, 0.25) is 5.95 Å². The Labute approximate surface area is 197 Å². The number of aromatic nitrogens is 2. The summed E-state index contributed by atoms with van der Waals surface area (Å²) in [6.45, 7) is 3.06. The van der Waals surface area contributed by atoms with Crippen LogP contribution in [-0.4, -0.2) is 48.2 Å². The van der Waals surface area contributed by atoms with E-state index in [0.717, 1.165) is 5.56 Å². The lowest BCUT2D eigenvalue weighted by molar-refractivity contribution is -0.134. The average molecular weight is 461 g/mol. The number of nitriles is 1. The Bertz CT molecular complexity index is 1210. The van der Waals surface area contributed by atoms with Crippen molar-refractivity contribution in [1.82, 2.24) is 15.3 Å². The Morgan fingerprint density at radius 1 is 1.24 bits per heavy atom. The van der Waals surface area contributed by atoms with E-state index in [2.05, 4.69) is 20.6 Å². The van der Waals surface area contributed by atoms with Gasteiger partial charge in [-0.2, -0.15) is 10.2 Å². The first-order chi connectivity index (χ1) is 16.5. The summed E-state index contributed by atoms with van der Waals surface area (Å²) in [6, 6.07) is 17.6. The van der Waals surface area contributed by atoms with E-state index in [4.69, 9.17) is 10.00 Å². The Balaban J connectivity index is 1.56. The number of morpholine rings is 1. The molecule has 3 aromatic rings. The van der Waals surface area contributed by atoms with Crippen LogP contribution in [0.4, 0.5) is 16.2 Å². The molecule has 1 fully saturated rings. The molecule has 2 aromatic carbocycles. The van der Waals surface area contributed by atoms with Crippen LogP contribution in [0.15, 0.2) is 54.6 Å². The van der Waals surface area contributed by atoms with E-state index in [1.807, 2.05) is 48.2 Å². The van der Waals surface area contributed by atoms with Crippen LogP contribution in [0.1, 0.15) is 18.1 Å². The lowest BCUT2D eigenvalue weighted by atomic mass is 10.1.